The number of hydrogen-bond donors (Lipinski definition) is 3. The van der Waals surface area contributed by atoms with Gasteiger partial charge in [-0.1, -0.05) is 42.0 Å². The second-order valence-electron chi connectivity index (χ2n) is 16.8. The van der Waals surface area contributed by atoms with Gasteiger partial charge in [0.15, 0.2) is 0 Å². The number of ether oxygens (including phenoxy) is 2. The predicted octanol–water partition coefficient (Wildman–Crippen LogP) is 6.64. The van der Waals surface area contributed by atoms with Gasteiger partial charge in [-0.15, -0.1) is 0 Å². The number of piperazine rings is 1. The molecule has 0 bridgehead atoms. The number of anilines is 2. The van der Waals surface area contributed by atoms with Crippen LogP contribution in [-0.4, -0.2) is 106 Å². The van der Waals surface area contributed by atoms with Gasteiger partial charge in [-0.2, -0.15) is 4.31 Å². The molecule has 0 radical (unpaired) electrons. The average molecular weight is 935 g/mol. The highest BCUT2D eigenvalue weighted by Crippen LogP contribution is 2.36. The molecule has 2 saturated heterocycles. The summed E-state index contributed by atoms with van der Waals surface area (Å²) in [7, 11) is -8.37. The van der Waals surface area contributed by atoms with Crippen molar-refractivity contribution in [1.82, 2.24) is 23.9 Å². The van der Waals surface area contributed by atoms with Gasteiger partial charge in [-0.3, -0.25) is 19.8 Å². The number of aromatic amines is 1. The summed E-state index contributed by atoms with van der Waals surface area (Å²) in [5, 5.41) is 16.0. The van der Waals surface area contributed by atoms with Crippen molar-refractivity contribution in [3.63, 3.8) is 0 Å². The van der Waals surface area contributed by atoms with Crippen LogP contribution in [0.1, 0.15) is 45.9 Å². The molecule has 4 aromatic carbocycles. The highest BCUT2D eigenvalue weighted by Gasteiger charge is 2.36. The molecule has 344 valence electrons. The van der Waals surface area contributed by atoms with Crippen molar-refractivity contribution in [3.05, 3.63) is 142 Å². The van der Waals surface area contributed by atoms with E-state index >= 15 is 0 Å². The van der Waals surface area contributed by atoms with Crippen molar-refractivity contribution in [3.8, 4) is 11.5 Å². The third kappa shape index (κ3) is 9.61. The van der Waals surface area contributed by atoms with Crippen LogP contribution in [0.15, 0.2) is 119 Å². The zero-order chi connectivity index (χ0) is 46.0. The van der Waals surface area contributed by atoms with E-state index in [2.05, 4.69) is 41.9 Å². The normalized spacial score (nSPS) is 17.8. The minimum Gasteiger partial charge on any atom is -0.455 e. The number of aromatic nitrogens is 2. The number of nitrogens with one attached hydrogen (secondary N) is 3. The highest BCUT2D eigenvalue weighted by molar-refractivity contribution is 7.90. The van der Waals surface area contributed by atoms with Crippen LogP contribution in [0, 0.1) is 23.0 Å². The van der Waals surface area contributed by atoms with E-state index in [1.165, 1.54) is 24.4 Å². The average Bonchev–Trinajstić information content (AvgIpc) is 3.70. The van der Waals surface area contributed by atoms with Crippen molar-refractivity contribution in [2.45, 2.75) is 42.0 Å². The van der Waals surface area contributed by atoms with Gasteiger partial charge in [0.2, 0.25) is 10.0 Å². The fourth-order valence-electron chi connectivity index (χ4n) is 8.90. The molecule has 5 heterocycles. The Balaban J connectivity index is 0.951. The van der Waals surface area contributed by atoms with Crippen LogP contribution in [0.5, 0.6) is 11.5 Å². The summed E-state index contributed by atoms with van der Waals surface area (Å²) in [4.78, 5) is 37.2. The molecule has 1 atom stereocenters. The molecule has 3 aliphatic heterocycles. The minimum atomic E-state index is -4.61. The van der Waals surface area contributed by atoms with Gasteiger partial charge < -0.3 is 24.7 Å². The summed E-state index contributed by atoms with van der Waals surface area (Å²) >= 11 is 0. The fraction of sp³-hybridized carbons (Fsp3) is 0.319. The van der Waals surface area contributed by atoms with Crippen LogP contribution in [0.3, 0.4) is 0 Å². The van der Waals surface area contributed by atoms with Crippen molar-refractivity contribution in [2.75, 3.05) is 69.2 Å². The standard InChI is InChI=1S/C47H50N8O9S2/c1-32-6-9-38(10-7-32)66(61,62)54-19-15-34-4-2-3-5-40(34)44(31-54)53-22-20-52(21-23-53)36-8-12-41(45(27-36)64-37-26-35-14-18-48-46(35)50-30-37)47(56)51-65(59,60)39-11-13-42(43(28-39)55(57)58)49-29-33-16-24-63-25-17-33/h2-14,18,26-28,30,33,44,49H,15-17,19-25,29,31H2,1H3,(H,48,50)(H,51,56). The van der Waals surface area contributed by atoms with Crippen LogP contribution < -0.4 is 19.7 Å². The number of nitrogens with zero attached hydrogens (tertiary/aromatic N) is 5. The summed E-state index contributed by atoms with van der Waals surface area (Å²) < 4.78 is 70.9. The van der Waals surface area contributed by atoms with Gasteiger partial charge in [-0.05, 0) is 91.8 Å². The molecule has 3 N–H and O–H groups in total. The quantitative estimate of drug-likeness (QED) is 0.0821. The van der Waals surface area contributed by atoms with E-state index in [-0.39, 0.29) is 33.9 Å². The van der Waals surface area contributed by atoms with Gasteiger partial charge in [0.25, 0.3) is 21.6 Å². The summed E-state index contributed by atoms with van der Waals surface area (Å²) in [6.45, 7) is 6.56. The van der Waals surface area contributed by atoms with E-state index in [0.717, 1.165) is 41.0 Å². The Morgan fingerprint density at radius 2 is 1.67 bits per heavy atom. The molecule has 66 heavy (non-hydrogen) atoms. The molecular formula is C47H50N8O9S2. The molecule has 0 aliphatic carbocycles. The second kappa shape index (κ2) is 18.8. The molecule has 3 aliphatic rings. The van der Waals surface area contributed by atoms with Crippen molar-refractivity contribution in [2.24, 2.45) is 5.92 Å². The van der Waals surface area contributed by atoms with E-state index < -0.39 is 41.5 Å². The largest absolute Gasteiger partial charge is 0.455 e. The number of benzene rings is 4. The van der Waals surface area contributed by atoms with Crippen LogP contribution in [0.2, 0.25) is 0 Å². The van der Waals surface area contributed by atoms with Crippen LogP contribution >= 0.6 is 0 Å². The SMILES string of the molecule is Cc1ccc(S(=O)(=O)N2CCc3ccccc3C(N3CCN(c4ccc(C(=O)NS(=O)(=O)c5ccc(NCC6CCOCC6)c([N+](=O)[O-])c5)c(Oc5cnc6[nH]ccc6c5)c4)CC3)C2)cc1. The Hall–Kier alpha value is -6.38. The topological polar surface area (TPSA) is 209 Å². The lowest BCUT2D eigenvalue weighted by Crippen LogP contribution is -2.50. The lowest BCUT2D eigenvalue weighted by atomic mass is 9.98. The van der Waals surface area contributed by atoms with Gasteiger partial charge >= 0.3 is 0 Å². The number of nitro benzene ring substituents is 1. The smallest absolute Gasteiger partial charge is 0.293 e. The number of hydrogen-bond acceptors (Lipinski definition) is 13. The van der Waals surface area contributed by atoms with Gasteiger partial charge in [-0.25, -0.2) is 26.5 Å². The van der Waals surface area contributed by atoms with E-state index in [4.69, 9.17) is 9.47 Å². The van der Waals surface area contributed by atoms with E-state index in [1.807, 2.05) is 37.3 Å². The van der Waals surface area contributed by atoms with Gasteiger partial charge in [0, 0.05) is 94.5 Å². The number of aryl methyl sites for hydroxylation is 1. The number of carbonyl (C=O) groups is 1. The molecule has 2 aromatic heterocycles. The first-order valence-corrected chi connectivity index (χ1v) is 24.8. The summed E-state index contributed by atoms with van der Waals surface area (Å²) in [6, 6.07) is 26.8. The van der Waals surface area contributed by atoms with Crippen LogP contribution in [0.4, 0.5) is 17.1 Å². The number of pyridine rings is 1. The van der Waals surface area contributed by atoms with E-state index in [1.54, 1.807) is 40.8 Å². The molecule has 17 nitrogen and oxygen atoms in total. The molecule has 1 unspecified atom stereocenters. The Kier molecular flexibility index (Phi) is 12.8. The Morgan fingerprint density at radius 3 is 2.44 bits per heavy atom. The number of fused-ring (bicyclic) bond motifs is 2. The highest BCUT2D eigenvalue weighted by atomic mass is 32.2. The monoisotopic (exact) mass is 934 g/mol. The maximum Gasteiger partial charge on any atom is 0.293 e. The van der Waals surface area contributed by atoms with Crippen molar-refractivity contribution < 1.29 is 36.0 Å². The third-order valence-corrected chi connectivity index (χ3v) is 15.8. The summed E-state index contributed by atoms with van der Waals surface area (Å²) in [6.07, 6.45) is 5.43. The molecule has 19 heteroatoms. The maximum atomic E-state index is 14.0. The lowest BCUT2D eigenvalue weighted by Gasteiger charge is -2.41. The van der Waals surface area contributed by atoms with Crippen molar-refractivity contribution >= 4 is 54.0 Å². The molecule has 0 spiro atoms. The Bertz CT molecular complexity index is 2990. The van der Waals surface area contributed by atoms with Gasteiger partial charge in [0.05, 0.1) is 26.5 Å². The van der Waals surface area contributed by atoms with Crippen molar-refractivity contribution in [1.29, 1.82) is 0 Å². The fourth-order valence-corrected chi connectivity index (χ4v) is 11.3. The Labute approximate surface area is 383 Å². The number of sulfonamides is 2. The number of nitro groups is 1. The molecule has 6 aromatic rings. The Morgan fingerprint density at radius 1 is 0.909 bits per heavy atom. The first kappa shape index (κ1) is 44.8. The van der Waals surface area contributed by atoms with E-state index in [0.29, 0.717) is 82.5 Å². The number of carbonyl (C=O) groups excluding carboxylic acids is 1. The van der Waals surface area contributed by atoms with Crippen LogP contribution in [0.25, 0.3) is 11.0 Å². The number of H-pyrrole nitrogens is 1. The predicted molar refractivity (Wildman–Crippen MR) is 249 cm³/mol. The molecule has 1 amide bonds. The van der Waals surface area contributed by atoms with E-state index in [9.17, 15) is 31.7 Å². The number of amides is 1. The molecular weight excluding hydrogens is 885 g/mol. The zero-order valence-corrected chi connectivity index (χ0v) is 37.9. The first-order valence-electron chi connectivity index (χ1n) is 21.9. The third-order valence-electron chi connectivity index (χ3n) is 12.6. The zero-order valence-electron chi connectivity index (χ0n) is 36.3. The maximum absolute atomic E-state index is 14.0. The molecule has 9 rings (SSSR count). The second-order valence-corrected chi connectivity index (χ2v) is 20.5. The minimum absolute atomic E-state index is 0.0626. The summed E-state index contributed by atoms with van der Waals surface area (Å²) in [5.74, 6) is -0.382. The molecule has 0 saturated carbocycles. The van der Waals surface area contributed by atoms with Crippen LogP contribution in [-0.2, 0) is 31.2 Å². The number of rotatable bonds is 13. The van der Waals surface area contributed by atoms with Gasteiger partial charge in [0.1, 0.15) is 22.8 Å². The first-order chi connectivity index (χ1) is 31.8. The summed E-state index contributed by atoms with van der Waals surface area (Å²) in [5.41, 5.74) is 4.18. The lowest BCUT2D eigenvalue weighted by molar-refractivity contribution is -0.384. The molecule has 2 fully saturated rings.